The van der Waals surface area contributed by atoms with E-state index in [1.807, 2.05) is 0 Å². The lowest BCUT2D eigenvalue weighted by atomic mass is 9.93. The molecule has 0 unspecified atom stereocenters. The zero-order valence-corrected chi connectivity index (χ0v) is 12.4. The number of carboxylic acids is 2. The van der Waals surface area contributed by atoms with Crippen molar-refractivity contribution >= 4 is 45.6 Å². The highest BCUT2D eigenvalue weighted by molar-refractivity contribution is 6.26. The fourth-order valence-electron chi connectivity index (χ4n) is 2.77. The number of primary amides is 2. The minimum Gasteiger partial charge on any atom is -0.478 e. The molecule has 2 aromatic carbocycles. The van der Waals surface area contributed by atoms with Crippen molar-refractivity contribution < 1.29 is 29.4 Å². The SMILES string of the molecule is NC(=O)c1nc2c([nH]1)c(C(N)=O)c(C(=O)O)c1c(C(=O)O)cccc12. The molecule has 0 radical (unpaired) electrons. The van der Waals surface area contributed by atoms with Gasteiger partial charge in [0.2, 0.25) is 0 Å². The number of aromatic nitrogens is 2. The number of benzene rings is 2. The fraction of sp³-hybridized carbons (Fsp3) is 0. The molecule has 25 heavy (non-hydrogen) atoms. The molecule has 10 heteroatoms. The standard InChI is InChI=1S/C15H10N4O6/c16-11(20)8-7(15(24)25)6-4(2-1-3-5(6)14(22)23)9-10(8)19-13(18-9)12(17)21/h1-3H,(H2,16,20)(H2,17,21)(H,18,19)(H,22,23)(H,24,25). The van der Waals surface area contributed by atoms with E-state index < -0.39 is 34.9 Å². The van der Waals surface area contributed by atoms with Gasteiger partial charge < -0.3 is 26.7 Å². The second-order valence-electron chi connectivity index (χ2n) is 5.13. The van der Waals surface area contributed by atoms with Gasteiger partial charge in [-0.2, -0.15) is 0 Å². The number of rotatable bonds is 4. The summed E-state index contributed by atoms with van der Waals surface area (Å²) in [6.45, 7) is 0. The van der Waals surface area contributed by atoms with E-state index in [4.69, 9.17) is 11.5 Å². The van der Waals surface area contributed by atoms with Crippen LogP contribution in [0.15, 0.2) is 18.2 Å². The van der Waals surface area contributed by atoms with Crippen LogP contribution in [0.4, 0.5) is 0 Å². The molecule has 0 saturated carbocycles. The molecule has 0 spiro atoms. The van der Waals surface area contributed by atoms with Gasteiger partial charge >= 0.3 is 11.9 Å². The Hall–Kier alpha value is -3.95. The van der Waals surface area contributed by atoms with Crippen LogP contribution in [-0.4, -0.2) is 43.9 Å². The smallest absolute Gasteiger partial charge is 0.337 e. The molecule has 0 aliphatic carbocycles. The summed E-state index contributed by atoms with van der Waals surface area (Å²) in [6, 6.07) is 4.00. The predicted molar refractivity (Wildman–Crippen MR) is 84.6 cm³/mol. The van der Waals surface area contributed by atoms with Crippen LogP contribution in [0.1, 0.15) is 41.7 Å². The quantitative estimate of drug-likeness (QED) is 0.450. The Morgan fingerprint density at radius 1 is 0.960 bits per heavy atom. The first-order valence-corrected chi connectivity index (χ1v) is 6.78. The van der Waals surface area contributed by atoms with Crippen LogP contribution in [0, 0.1) is 0 Å². The summed E-state index contributed by atoms with van der Waals surface area (Å²) in [5.41, 5.74) is 8.97. The van der Waals surface area contributed by atoms with E-state index in [0.717, 1.165) is 0 Å². The minimum atomic E-state index is -1.55. The van der Waals surface area contributed by atoms with Crippen LogP contribution in [0.25, 0.3) is 21.8 Å². The lowest BCUT2D eigenvalue weighted by Crippen LogP contribution is -2.18. The van der Waals surface area contributed by atoms with Gasteiger partial charge in [-0.25, -0.2) is 14.6 Å². The maximum absolute atomic E-state index is 11.9. The molecule has 126 valence electrons. The summed E-state index contributed by atoms with van der Waals surface area (Å²) in [5, 5.41) is 18.8. The van der Waals surface area contributed by atoms with Crippen molar-refractivity contribution in [3.05, 3.63) is 40.7 Å². The number of carbonyl (C=O) groups is 4. The topological polar surface area (TPSA) is 189 Å². The number of aromatic carboxylic acids is 2. The van der Waals surface area contributed by atoms with E-state index >= 15 is 0 Å². The van der Waals surface area contributed by atoms with Gasteiger partial charge in [0.25, 0.3) is 11.8 Å². The summed E-state index contributed by atoms with van der Waals surface area (Å²) >= 11 is 0. The molecule has 1 aromatic heterocycles. The van der Waals surface area contributed by atoms with E-state index in [-0.39, 0.29) is 33.2 Å². The van der Waals surface area contributed by atoms with Gasteiger partial charge in [0.1, 0.15) is 0 Å². The van der Waals surface area contributed by atoms with Gasteiger partial charge in [-0.15, -0.1) is 0 Å². The van der Waals surface area contributed by atoms with Crippen molar-refractivity contribution in [2.75, 3.05) is 0 Å². The average Bonchev–Trinajstić information content (AvgIpc) is 2.97. The fourth-order valence-corrected chi connectivity index (χ4v) is 2.77. The number of fused-ring (bicyclic) bond motifs is 3. The third kappa shape index (κ3) is 2.24. The highest BCUT2D eigenvalue weighted by Gasteiger charge is 2.28. The average molecular weight is 342 g/mol. The number of H-pyrrole nitrogens is 1. The molecule has 0 aliphatic heterocycles. The van der Waals surface area contributed by atoms with Crippen LogP contribution >= 0.6 is 0 Å². The molecule has 3 rings (SSSR count). The minimum absolute atomic E-state index is 0.0192. The number of aromatic amines is 1. The molecular formula is C15H10N4O6. The molecule has 0 fully saturated rings. The Labute approximate surface area is 138 Å². The number of nitrogens with one attached hydrogen (secondary N) is 1. The highest BCUT2D eigenvalue weighted by Crippen LogP contribution is 2.34. The number of nitrogens with zero attached hydrogens (tertiary/aromatic N) is 1. The van der Waals surface area contributed by atoms with Gasteiger partial charge in [-0.05, 0) is 6.07 Å². The van der Waals surface area contributed by atoms with Crippen molar-refractivity contribution in [3.63, 3.8) is 0 Å². The van der Waals surface area contributed by atoms with Crippen LogP contribution in [0.3, 0.4) is 0 Å². The second kappa shape index (κ2) is 5.30. The lowest BCUT2D eigenvalue weighted by molar-refractivity contribution is 0.0693. The molecule has 2 amide bonds. The number of hydrogen-bond acceptors (Lipinski definition) is 5. The van der Waals surface area contributed by atoms with E-state index in [9.17, 15) is 29.4 Å². The van der Waals surface area contributed by atoms with E-state index in [0.29, 0.717) is 0 Å². The number of amides is 2. The molecule has 1 heterocycles. The predicted octanol–water partition coefficient (Wildman–Crippen LogP) is 0.310. The van der Waals surface area contributed by atoms with E-state index in [1.165, 1.54) is 18.2 Å². The molecule has 10 nitrogen and oxygen atoms in total. The van der Waals surface area contributed by atoms with Crippen molar-refractivity contribution in [2.24, 2.45) is 11.5 Å². The van der Waals surface area contributed by atoms with Crippen LogP contribution in [-0.2, 0) is 0 Å². The zero-order chi connectivity index (χ0) is 18.5. The van der Waals surface area contributed by atoms with E-state index in [1.54, 1.807) is 0 Å². The summed E-state index contributed by atoms with van der Waals surface area (Å²) in [4.78, 5) is 53.0. The van der Waals surface area contributed by atoms with Crippen molar-refractivity contribution in [2.45, 2.75) is 0 Å². The highest BCUT2D eigenvalue weighted by atomic mass is 16.4. The first-order valence-electron chi connectivity index (χ1n) is 6.78. The molecular weight excluding hydrogens is 332 g/mol. The third-order valence-electron chi connectivity index (χ3n) is 3.70. The lowest BCUT2D eigenvalue weighted by Gasteiger charge is -2.11. The van der Waals surface area contributed by atoms with Gasteiger partial charge in [0.15, 0.2) is 5.82 Å². The monoisotopic (exact) mass is 342 g/mol. The Balaban J connectivity index is 2.71. The first kappa shape index (κ1) is 15.9. The Morgan fingerprint density at radius 3 is 2.16 bits per heavy atom. The van der Waals surface area contributed by atoms with Gasteiger partial charge in [-0.1, -0.05) is 12.1 Å². The molecule has 3 aromatic rings. The van der Waals surface area contributed by atoms with E-state index in [2.05, 4.69) is 9.97 Å². The Bertz CT molecular complexity index is 1110. The van der Waals surface area contributed by atoms with Crippen molar-refractivity contribution in [3.8, 4) is 0 Å². The largest absolute Gasteiger partial charge is 0.478 e. The molecule has 0 atom stereocenters. The summed E-state index contributed by atoms with van der Waals surface area (Å²) in [7, 11) is 0. The molecule has 0 saturated heterocycles. The zero-order valence-electron chi connectivity index (χ0n) is 12.4. The van der Waals surface area contributed by atoms with Crippen LogP contribution in [0.2, 0.25) is 0 Å². The second-order valence-corrected chi connectivity index (χ2v) is 5.13. The summed E-state index contributed by atoms with van der Waals surface area (Å²) < 4.78 is 0. The number of hydrogen-bond donors (Lipinski definition) is 5. The van der Waals surface area contributed by atoms with Crippen molar-refractivity contribution in [1.29, 1.82) is 0 Å². The normalized spacial score (nSPS) is 10.9. The van der Waals surface area contributed by atoms with Gasteiger partial charge in [-0.3, -0.25) is 9.59 Å². The van der Waals surface area contributed by atoms with Crippen LogP contribution in [0.5, 0.6) is 0 Å². The van der Waals surface area contributed by atoms with Crippen molar-refractivity contribution in [1.82, 2.24) is 9.97 Å². The number of imidazole rings is 1. The molecule has 7 N–H and O–H groups in total. The Morgan fingerprint density at radius 2 is 1.64 bits per heavy atom. The maximum Gasteiger partial charge on any atom is 0.337 e. The van der Waals surface area contributed by atoms with Crippen LogP contribution < -0.4 is 11.5 Å². The number of carboxylic acid groups (broad SMARTS) is 2. The number of carbonyl (C=O) groups excluding carboxylic acids is 2. The van der Waals surface area contributed by atoms with Gasteiger partial charge in [0, 0.05) is 10.8 Å². The Kier molecular flexibility index (Phi) is 3.38. The number of nitrogens with two attached hydrogens (primary N) is 2. The molecule has 0 aliphatic rings. The maximum atomic E-state index is 11.9. The summed E-state index contributed by atoms with van der Waals surface area (Å²) in [6.07, 6.45) is 0. The first-order chi connectivity index (χ1) is 11.7. The molecule has 0 bridgehead atoms. The van der Waals surface area contributed by atoms with Gasteiger partial charge in [0.05, 0.1) is 27.7 Å². The third-order valence-corrected chi connectivity index (χ3v) is 3.70. The summed E-state index contributed by atoms with van der Waals surface area (Å²) in [5.74, 6) is -5.32.